The summed E-state index contributed by atoms with van der Waals surface area (Å²) < 4.78 is 32.4. The second-order valence-corrected chi connectivity index (χ2v) is 11.5. The van der Waals surface area contributed by atoms with Crippen molar-refractivity contribution in [2.75, 3.05) is 27.2 Å². The molecule has 1 saturated heterocycles. The predicted molar refractivity (Wildman–Crippen MR) is 150 cm³/mol. The number of aryl methyl sites for hydroxylation is 1. The molecule has 0 spiro atoms. The van der Waals surface area contributed by atoms with Crippen LogP contribution in [-0.2, 0) is 32.6 Å². The molecule has 0 saturated carbocycles. The van der Waals surface area contributed by atoms with Gasteiger partial charge in [-0.3, -0.25) is 9.59 Å². The summed E-state index contributed by atoms with van der Waals surface area (Å²) in [6.07, 6.45) is 2.34. The highest BCUT2D eigenvalue weighted by molar-refractivity contribution is 7.89. The molecular weight excluding hydrogens is 514 g/mol. The van der Waals surface area contributed by atoms with Crippen LogP contribution in [0.15, 0.2) is 83.8 Å². The Labute approximate surface area is 230 Å². The van der Waals surface area contributed by atoms with Gasteiger partial charge in [-0.25, -0.2) is 8.42 Å². The molecule has 0 aromatic heterocycles. The van der Waals surface area contributed by atoms with Crippen LogP contribution in [0, 0.1) is 0 Å². The van der Waals surface area contributed by atoms with E-state index in [-0.39, 0.29) is 29.7 Å². The highest BCUT2D eigenvalue weighted by Crippen LogP contribution is 2.26. The maximum Gasteiger partial charge on any atom is 0.247 e. The minimum absolute atomic E-state index is 0.161. The maximum absolute atomic E-state index is 13.7. The number of carbonyl (C=O) groups is 2. The van der Waals surface area contributed by atoms with Crippen molar-refractivity contribution >= 4 is 21.8 Å². The average Bonchev–Trinajstić information content (AvgIpc) is 3.53. The lowest BCUT2D eigenvalue weighted by Gasteiger charge is -2.31. The Bertz CT molecular complexity index is 1350. The van der Waals surface area contributed by atoms with Crippen molar-refractivity contribution in [3.63, 3.8) is 0 Å². The summed E-state index contributed by atoms with van der Waals surface area (Å²) >= 11 is 0. The van der Waals surface area contributed by atoms with Crippen molar-refractivity contribution in [2.24, 2.45) is 0 Å². The smallest absolute Gasteiger partial charge is 0.247 e. The number of benzene rings is 3. The van der Waals surface area contributed by atoms with Crippen molar-refractivity contribution in [1.29, 1.82) is 0 Å². The van der Waals surface area contributed by atoms with E-state index in [1.807, 2.05) is 54.6 Å². The SMILES string of the molecule is CNC(=O)[C@@H](c1ccccc1)N(Cc1ccc(OC)cc1)C(=O)CCc1ccc(S(=O)(=O)N2CCCC2)cc1. The number of rotatable bonds is 11. The van der Waals surface area contributed by atoms with E-state index in [1.165, 1.54) is 4.31 Å². The molecule has 1 aliphatic rings. The second-order valence-electron chi connectivity index (χ2n) is 9.55. The zero-order chi connectivity index (χ0) is 27.8. The van der Waals surface area contributed by atoms with Gasteiger partial charge in [0, 0.05) is 33.1 Å². The Morgan fingerprint density at radius 2 is 1.54 bits per heavy atom. The van der Waals surface area contributed by atoms with Crippen LogP contribution in [0.3, 0.4) is 0 Å². The molecule has 0 unspecified atom stereocenters. The minimum atomic E-state index is -3.49. The van der Waals surface area contributed by atoms with Crippen molar-refractivity contribution in [2.45, 2.75) is 43.2 Å². The quantitative estimate of drug-likeness (QED) is 0.391. The van der Waals surface area contributed by atoms with Gasteiger partial charge in [-0.1, -0.05) is 54.6 Å². The first kappa shape index (κ1) is 28.3. The lowest BCUT2D eigenvalue weighted by atomic mass is 10.0. The van der Waals surface area contributed by atoms with Crippen LogP contribution in [0.25, 0.3) is 0 Å². The van der Waals surface area contributed by atoms with Gasteiger partial charge in [-0.05, 0) is 60.2 Å². The number of sulfonamides is 1. The summed E-state index contributed by atoms with van der Waals surface area (Å²) in [6, 6.07) is 22.6. The number of hydrogen-bond donors (Lipinski definition) is 1. The topological polar surface area (TPSA) is 96.0 Å². The summed E-state index contributed by atoms with van der Waals surface area (Å²) in [5.41, 5.74) is 2.44. The van der Waals surface area contributed by atoms with E-state index in [2.05, 4.69) is 5.32 Å². The van der Waals surface area contributed by atoms with E-state index < -0.39 is 16.1 Å². The standard InChI is InChI=1S/C30H35N3O5S/c1-31-30(35)29(25-8-4-3-5-9-25)33(22-24-10-15-26(38-2)16-11-24)28(34)19-14-23-12-17-27(18-13-23)39(36,37)32-20-6-7-21-32/h3-5,8-13,15-18,29H,6-7,14,19-22H2,1-2H3,(H,31,35)/t29-/m1/s1. The van der Waals surface area contributed by atoms with Gasteiger partial charge in [0.1, 0.15) is 11.8 Å². The molecule has 1 N–H and O–H groups in total. The fourth-order valence-corrected chi connectivity index (χ4v) is 6.31. The van der Waals surface area contributed by atoms with Crippen molar-refractivity contribution < 1.29 is 22.7 Å². The molecule has 1 atom stereocenters. The van der Waals surface area contributed by atoms with E-state index in [1.54, 1.807) is 43.3 Å². The van der Waals surface area contributed by atoms with Crippen molar-refractivity contribution in [1.82, 2.24) is 14.5 Å². The third-order valence-corrected chi connectivity index (χ3v) is 8.92. The van der Waals surface area contributed by atoms with Crippen molar-refractivity contribution in [3.8, 4) is 5.75 Å². The number of hydrogen-bond acceptors (Lipinski definition) is 5. The predicted octanol–water partition coefficient (Wildman–Crippen LogP) is 3.93. The number of ether oxygens (including phenoxy) is 1. The largest absolute Gasteiger partial charge is 0.497 e. The minimum Gasteiger partial charge on any atom is -0.497 e. The highest BCUT2D eigenvalue weighted by Gasteiger charge is 2.31. The van der Waals surface area contributed by atoms with Gasteiger partial charge >= 0.3 is 0 Å². The molecule has 39 heavy (non-hydrogen) atoms. The molecule has 2 amide bonds. The number of nitrogens with zero attached hydrogens (tertiary/aromatic N) is 2. The third-order valence-electron chi connectivity index (χ3n) is 7.01. The molecular formula is C30H35N3O5S. The maximum atomic E-state index is 13.7. The molecule has 0 radical (unpaired) electrons. The molecule has 1 aliphatic heterocycles. The van der Waals surface area contributed by atoms with Crippen LogP contribution in [0.2, 0.25) is 0 Å². The zero-order valence-corrected chi connectivity index (χ0v) is 23.2. The molecule has 0 bridgehead atoms. The summed E-state index contributed by atoms with van der Waals surface area (Å²) in [7, 11) is -0.334. The highest BCUT2D eigenvalue weighted by atomic mass is 32.2. The first-order valence-corrected chi connectivity index (χ1v) is 14.6. The second kappa shape index (κ2) is 12.9. The Hall–Kier alpha value is -3.69. The third kappa shape index (κ3) is 6.85. The summed E-state index contributed by atoms with van der Waals surface area (Å²) in [6.45, 7) is 1.34. The molecule has 1 fully saturated rings. The van der Waals surface area contributed by atoms with Crippen LogP contribution in [0.5, 0.6) is 5.75 Å². The Morgan fingerprint density at radius 1 is 0.923 bits per heavy atom. The van der Waals surface area contributed by atoms with Gasteiger partial charge < -0.3 is 15.0 Å². The van der Waals surface area contributed by atoms with Crippen LogP contribution in [0.4, 0.5) is 0 Å². The van der Waals surface area contributed by atoms with Crippen LogP contribution < -0.4 is 10.1 Å². The zero-order valence-electron chi connectivity index (χ0n) is 22.4. The van der Waals surface area contributed by atoms with E-state index in [4.69, 9.17) is 4.74 Å². The van der Waals surface area contributed by atoms with Gasteiger partial charge in [0.05, 0.1) is 12.0 Å². The van der Waals surface area contributed by atoms with Crippen LogP contribution in [0.1, 0.15) is 42.0 Å². The Morgan fingerprint density at radius 3 is 2.13 bits per heavy atom. The number of amides is 2. The van der Waals surface area contributed by atoms with Gasteiger partial charge in [0.15, 0.2) is 0 Å². The normalized spacial score (nSPS) is 14.5. The van der Waals surface area contributed by atoms with Gasteiger partial charge in [0.2, 0.25) is 21.8 Å². The van der Waals surface area contributed by atoms with Gasteiger partial charge in [-0.2, -0.15) is 4.31 Å². The summed E-state index contributed by atoms with van der Waals surface area (Å²) in [5.74, 6) is 0.245. The molecule has 3 aromatic carbocycles. The Kier molecular flexibility index (Phi) is 9.37. The molecule has 4 rings (SSSR count). The molecule has 3 aromatic rings. The van der Waals surface area contributed by atoms with E-state index >= 15 is 0 Å². The van der Waals surface area contributed by atoms with E-state index in [9.17, 15) is 18.0 Å². The number of likely N-dealkylation sites (N-methyl/N-ethyl adjacent to an activating group) is 1. The summed E-state index contributed by atoms with van der Waals surface area (Å²) in [4.78, 5) is 28.6. The first-order chi connectivity index (χ1) is 18.8. The van der Waals surface area contributed by atoms with Crippen LogP contribution in [-0.4, -0.2) is 56.7 Å². The lowest BCUT2D eigenvalue weighted by Crippen LogP contribution is -2.42. The van der Waals surface area contributed by atoms with E-state index in [0.29, 0.717) is 25.3 Å². The fourth-order valence-electron chi connectivity index (χ4n) is 4.80. The molecule has 0 aliphatic carbocycles. The molecule has 206 valence electrons. The average molecular weight is 550 g/mol. The lowest BCUT2D eigenvalue weighted by molar-refractivity contribution is -0.141. The van der Waals surface area contributed by atoms with Crippen molar-refractivity contribution in [3.05, 3.63) is 95.6 Å². The molecule has 9 heteroatoms. The van der Waals surface area contributed by atoms with E-state index in [0.717, 1.165) is 29.5 Å². The van der Waals surface area contributed by atoms with Crippen LogP contribution >= 0.6 is 0 Å². The molecule has 8 nitrogen and oxygen atoms in total. The number of carbonyl (C=O) groups excluding carboxylic acids is 2. The molecule has 1 heterocycles. The number of nitrogens with one attached hydrogen (secondary N) is 1. The van der Waals surface area contributed by atoms with Gasteiger partial charge in [0.25, 0.3) is 0 Å². The van der Waals surface area contributed by atoms with Gasteiger partial charge in [-0.15, -0.1) is 0 Å². The monoisotopic (exact) mass is 549 g/mol. The summed E-state index contributed by atoms with van der Waals surface area (Å²) in [5, 5.41) is 2.71. The first-order valence-electron chi connectivity index (χ1n) is 13.1. The fraction of sp³-hybridized carbons (Fsp3) is 0.333. The Balaban J connectivity index is 1.54. The number of methoxy groups -OCH3 is 1.